The summed E-state index contributed by atoms with van der Waals surface area (Å²) < 4.78 is 0. The summed E-state index contributed by atoms with van der Waals surface area (Å²) in [7, 11) is 0. The van der Waals surface area contributed by atoms with Gasteiger partial charge in [-0.15, -0.1) is 0 Å². The van der Waals surface area contributed by atoms with E-state index in [4.69, 9.17) is 0 Å². The Hall–Kier alpha value is -1.82. The second kappa shape index (κ2) is 6.05. The van der Waals surface area contributed by atoms with Gasteiger partial charge in [0.1, 0.15) is 0 Å². The average molecular weight is 224 g/mol. The molecule has 0 atom stereocenters. The summed E-state index contributed by atoms with van der Waals surface area (Å²) in [4.78, 5) is 0. The molecule has 0 N–H and O–H groups in total. The van der Waals surface area contributed by atoms with Crippen LogP contribution in [0.4, 0.5) is 0 Å². The quantitative estimate of drug-likeness (QED) is 0.622. The largest absolute Gasteiger partial charge is 0.0776 e. The van der Waals surface area contributed by atoms with Gasteiger partial charge in [0.05, 0.1) is 0 Å². The molecule has 2 aromatic carbocycles. The molecular formula is C17H20. The topological polar surface area (TPSA) is 0 Å². The monoisotopic (exact) mass is 224 g/mol. The van der Waals surface area contributed by atoms with Crippen molar-refractivity contribution in [1.82, 2.24) is 0 Å². The van der Waals surface area contributed by atoms with Crippen molar-refractivity contribution >= 4 is 12.2 Å². The second-order valence-electron chi connectivity index (χ2n) is 4.05. The van der Waals surface area contributed by atoms with Crippen LogP contribution in [-0.2, 0) is 0 Å². The third-order valence-corrected chi connectivity index (χ3v) is 2.82. The maximum atomic E-state index is 2.18. The highest BCUT2D eigenvalue weighted by Crippen LogP contribution is 2.14. The van der Waals surface area contributed by atoms with E-state index in [0.29, 0.717) is 0 Å². The summed E-state index contributed by atoms with van der Waals surface area (Å²) in [5, 5.41) is 0. The summed E-state index contributed by atoms with van der Waals surface area (Å²) in [5.41, 5.74) is 5.19. The molecule has 0 aliphatic heterocycles. The summed E-state index contributed by atoms with van der Waals surface area (Å²) in [6.45, 7) is 4.27. The van der Waals surface area contributed by atoms with Gasteiger partial charge in [-0.05, 0) is 36.1 Å². The van der Waals surface area contributed by atoms with Gasteiger partial charge in [-0.2, -0.15) is 0 Å². The van der Waals surface area contributed by atoms with Crippen molar-refractivity contribution in [2.75, 3.05) is 0 Å². The van der Waals surface area contributed by atoms with Crippen molar-refractivity contribution < 1.29 is 0 Å². The van der Waals surface area contributed by atoms with Crippen LogP contribution in [0, 0.1) is 13.8 Å². The predicted octanol–water partition coefficient (Wildman–Crippen LogP) is 5.11. The first-order valence-electron chi connectivity index (χ1n) is 5.57. The van der Waals surface area contributed by atoms with Crippen molar-refractivity contribution in [2.24, 2.45) is 0 Å². The molecule has 0 saturated heterocycles. The van der Waals surface area contributed by atoms with E-state index in [-0.39, 0.29) is 7.43 Å². The van der Waals surface area contributed by atoms with Crippen LogP contribution in [0.3, 0.4) is 0 Å². The first-order chi connectivity index (χ1) is 7.77. The lowest BCUT2D eigenvalue weighted by Crippen LogP contribution is -1.80. The molecule has 0 fully saturated rings. The van der Waals surface area contributed by atoms with Crippen LogP contribution in [0.15, 0.2) is 48.5 Å². The maximum Gasteiger partial charge on any atom is -0.0227 e. The molecule has 2 aromatic rings. The molecule has 0 spiro atoms. The van der Waals surface area contributed by atoms with Crippen LogP contribution in [-0.4, -0.2) is 0 Å². The summed E-state index contributed by atoms with van der Waals surface area (Å²) in [5.74, 6) is 0. The Kier molecular flexibility index (Phi) is 4.71. The van der Waals surface area contributed by atoms with E-state index in [9.17, 15) is 0 Å². The Morgan fingerprint density at radius 3 is 1.35 bits per heavy atom. The summed E-state index contributed by atoms with van der Waals surface area (Å²) >= 11 is 0. The molecular weight excluding hydrogens is 204 g/mol. The average Bonchev–Trinajstić information content (AvgIpc) is 2.30. The van der Waals surface area contributed by atoms with Crippen LogP contribution >= 0.6 is 0 Å². The highest BCUT2D eigenvalue weighted by molar-refractivity contribution is 5.72. The third-order valence-electron chi connectivity index (χ3n) is 2.82. The van der Waals surface area contributed by atoms with Crippen molar-refractivity contribution in [3.8, 4) is 0 Å². The molecule has 0 aliphatic carbocycles. The normalized spacial score (nSPS) is 10.2. The first kappa shape index (κ1) is 13.2. The van der Waals surface area contributed by atoms with Crippen molar-refractivity contribution in [3.63, 3.8) is 0 Å². The number of rotatable bonds is 2. The Morgan fingerprint density at radius 2 is 1.00 bits per heavy atom. The molecule has 0 bridgehead atoms. The smallest absolute Gasteiger partial charge is 0.0227 e. The molecule has 0 aliphatic rings. The number of aryl methyl sites for hydroxylation is 2. The molecule has 0 nitrogen and oxygen atoms in total. The zero-order valence-corrected chi connectivity index (χ0v) is 9.77. The molecule has 0 amide bonds. The Balaban J connectivity index is 0.00000144. The molecule has 0 heterocycles. The molecule has 0 saturated carbocycles. The van der Waals surface area contributed by atoms with E-state index in [2.05, 4.69) is 74.5 Å². The van der Waals surface area contributed by atoms with Gasteiger partial charge in [0.15, 0.2) is 0 Å². The van der Waals surface area contributed by atoms with Gasteiger partial charge in [0.25, 0.3) is 0 Å². The first-order valence-corrected chi connectivity index (χ1v) is 5.57. The predicted molar refractivity (Wildman–Crippen MR) is 78.0 cm³/mol. The fourth-order valence-corrected chi connectivity index (χ4v) is 1.73. The van der Waals surface area contributed by atoms with E-state index in [1.165, 1.54) is 22.3 Å². The minimum Gasteiger partial charge on any atom is -0.0776 e. The van der Waals surface area contributed by atoms with E-state index in [1.807, 2.05) is 0 Å². The Labute approximate surface area is 105 Å². The van der Waals surface area contributed by atoms with Gasteiger partial charge in [0, 0.05) is 0 Å². The van der Waals surface area contributed by atoms with Gasteiger partial charge < -0.3 is 0 Å². The summed E-state index contributed by atoms with van der Waals surface area (Å²) in [6, 6.07) is 16.8. The fourth-order valence-electron chi connectivity index (χ4n) is 1.73. The lowest BCUT2D eigenvalue weighted by Gasteiger charge is -2.01. The third kappa shape index (κ3) is 3.32. The van der Waals surface area contributed by atoms with Gasteiger partial charge >= 0.3 is 0 Å². The lowest BCUT2D eigenvalue weighted by molar-refractivity contribution is 1.43. The lowest BCUT2D eigenvalue weighted by atomic mass is 10.0. The fraction of sp³-hybridized carbons (Fsp3) is 0.176. The molecule has 17 heavy (non-hydrogen) atoms. The standard InChI is InChI=1S/C16H16.CH4/c1-13-7-3-5-9-15(13)11-12-16-10-6-4-8-14(16)2;/h3-12H,1-2H3;1H4/b12-11-;. The van der Waals surface area contributed by atoms with Crippen LogP contribution in [0.1, 0.15) is 29.7 Å². The molecule has 2 rings (SSSR count). The summed E-state index contributed by atoms with van der Waals surface area (Å²) in [6.07, 6.45) is 4.36. The number of hydrogen-bond donors (Lipinski definition) is 0. The van der Waals surface area contributed by atoms with Crippen molar-refractivity contribution in [3.05, 3.63) is 70.8 Å². The molecule has 88 valence electrons. The van der Waals surface area contributed by atoms with Gasteiger partial charge in [-0.1, -0.05) is 68.1 Å². The van der Waals surface area contributed by atoms with Crippen LogP contribution in [0.2, 0.25) is 0 Å². The SMILES string of the molecule is C.Cc1ccccc1/C=C\c1ccccc1C. The van der Waals surface area contributed by atoms with E-state index >= 15 is 0 Å². The highest BCUT2D eigenvalue weighted by atomic mass is 14.0. The van der Waals surface area contributed by atoms with E-state index in [1.54, 1.807) is 0 Å². The van der Waals surface area contributed by atoms with Gasteiger partial charge in [0.2, 0.25) is 0 Å². The van der Waals surface area contributed by atoms with Crippen molar-refractivity contribution in [2.45, 2.75) is 21.3 Å². The maximum absolute atomic E-state index is 2.18. The second-order valence-corrected chi connectivity index (χ2v) is 4.05. The highest BCUT2D eigenvalue weighted by Gasteiger charge is 1.93. The van der Waals surface area contributed by atoms with Crippen LogP contribution < -0.4 is 0 Å². The number of hydrogen-bond acceptors (Lipinski definition) is 0. The Bertz CT molecular complexity index is 459. The molecule has 0 unspecified atom stereocenters. The minimum atomic E-state index is 0. The molecule has 0 heteroatoms. The van der Waals surface area contributed by atoms with E-state index < -0.39 is 0 Å². The minimum absolute atomic E-state index is 0. The molecule has 0 radical (unpaired) electrons. The molecule has 0 aromatic heterocycles. The van der Waals surface area contributed by atoms with Crippen LogP contribution in [0.25, 0.3) is 12.2 Å². The van der Waals surface area contributed by atoms with Gasteiger partial charge in [-0.25, -0.2) is 0 Å². The Morgan fingerprint density at radius 1 is 0.647 bits per heavy atom. The van der Waals surface area contributed by atoms with Crippen molar-refractivity contribution in [1.29, 1.82) is 0 Å². The zero-order valence-electron chi connectivity index (χ0n) is 9.77. The van der Waals surface area contributed by atoms with Crippen LogP contribution in [0.5, 0.6) is 0 Å². The van der Waals surface area contributed by atoms with Gasteiger partial charge in [-0.3, -0.25) is 0 Å². The van der Waals surface area contributed by atoms with E-state index in [0.717, 1.165) is 0 Å². The number of benzene rings is 2. The zero-order chi connectivity index (χ0) is 11.4.